The van der Waals surface area contributed by atoms with E-state index in [0.29, 0.717) is 32.0 Å². The molecule has 12 heteroatoms. The average molecular weight is 586 g/mol. The number of pyridine rings is 1. The second kappa shape index (κ2) is 9.97. The van der Waals surface area contributed by atoms with Crippen molar-refractivity contribution in [2.45, 2.75) is 19.0 Å². The highest BCUT2D eigenvalue weighted by molar-refractivity contribution is 7.23. The van der Waals surface area contributed by atoms with Gasteiger partial charge in [0.05, 0.1) is 29.1 Å². The van der Waals surface area contributed by atoms with E-state index < -0.39 is 17.9 Å². The van der Waals surface area contributed by atoms with E-state index in [9.17, 15) is 5.26 Å². The van der Waals surface area contributed by atoms with Crippen molar-refractivity contribution in [2.75, 3.05) is 30.1 Å². The fourth-order valence-electron chi connectivity index (χ4n) is 5.28. The number of rotatable bonds is 4. The van der Waals surface area contributed by atoms with Crippen LogP contribution in [-0.4, -0.2) is 34.7 Å². The minimum atomic E-state index is -0.742. The fourth-order valence-corrected chi connectivity index (χ4v) is 6.56. The van der Waals surface area contributed by atoms with E-state index in [1.807, 2.05) is 19.1 Å². The summed E-state index contributed by atoms with van der Waals surface area (Å²) < 4.78 is 29.1. The summed E-state index contributed by atoms with van der Waals surface area (Å²) in [5, 5.41) is 10.9. The Morgan fingerprint density at radius 1 is 1.27 bits per heavy atom. The van der Waals surface area contributed by atoms with Gasteiger partial charge in [-0.2, -0.15) is 15.2 Å². The van der Waals surface area contributed by atoms with E-state index in [-0.39, 0.29) is 51.2 Å². The summed E-state index contributed by atoms with van der Waals surface area (Å²) in [5.74, 6) is 2.75. The molecule has 1 aliphatic heterocycles. The first-order valence-electron chi connectivity index (χ1n) is 12.4. The van der Waals surface area contributed by atoms with E-state index >= 15 is 4.39 Å². The van der Waals surface area contributed by atoms with Crippen molar-refractivity contribution < 1.29 is 13.9 Å². The SMILES string of the molecule is C#CC1COc2c(Cl)c(-c3cccc4sc(N)c(C#N)c34)c(F)c3nc(OC)nc(c23)N1C(C)c1cccnc1N. The summed E-state index contributed by atoms with van der Waals surface area (Å²) in [6, 6.07) is 9.76. The number of halogens is 2. The Kier molecular flexibility index (Phi) is 6.41. The Hall–Kier alpha value is -4.84. The number of hydrogen-bond acceptors (Lipinski definition) is 10. The van der Waals surface area contributed by atoms with E-state index in [1.165, 1.54) is 18.4 Å². The first-order chi connectivity index (χ1) is 19.8. The van der Waals surface area contributed by atoms with Crippen molar-refractivity contribution in [2.24, 2.45) is 0 Å². The van der Waals surface area contributed by atoms with Crippen LogP contribution >= 0.6 is 22.9 Å². The highest BCUT2D eigenvalue weighted by Crippen LogP contribution is 2.51. The third-order valence-electron chi connectivity index (χ3n) is 7.15. The van der Waals surface area contributed by atoms with Crippen LogP contribution in [0.5, 0.6) is 11.8 Å². The molecule has 0 radical (unpaired) electrons. The maximum atomic E-state index is 16.8. The summed E-state index contributed by atoms with van der Waals surface area (Å²) in [7, 11) is 1.39. The van der Waals surface area contributed by atoms with Gasteiger partial charge >= 0.3 is 6.01 Å². The molecule has 4 heterocycles. The molecule has 0 spiro atoms. The average Bonchev–Trinajstić information content (AvgIpc) is 3.21. The monoisotopic (exact) mass is 585 g/mol. The molecule has 2 aromatic carbocycles. The first kappa shape index (κ1) is 26.4. The molecular formula is C29H21ClFN7O2S. The predicted molar refractivity (Wildman–Crippen MR) is 159 cm³/mol. The molecule has 5 aromatic rings. The van der Waals surface area contributed by atoms with Gasteiger partial charge in [-0.25, -0.2) is 9.37 Å². The lowest BCUT2D eigenvalue weighted by Gasteiger charge is -2.34. The molecule has 4 N–H and O–H groups in total. The lowest BCUT2D eigenvalue weighted by molar-refractivity contribution is 0.306. The number of anilines is 3. The summed E-state index contributed by atoms with van der Waals surface area (Å²) in [6.07, 6.45) is 7.58. The van der Waals surface area contributed by atoms with Crippen LogP contribution in [0.3, 0.4) is 0 Å². The maximum Gasteiger partial charge on any atom is 0.318 e. The molecule has 0 saturated heterocycles. The van der Waals surface area contributed by atoms with Gasteiger partial charge in [-0.1, -0.05) is 35.7 Å². The van der Waals surface area contributed by atoms with Crippen LogP contribution in [0.1, 0.15) is 24.1 Å². The molecule has 0 saturated carbocycles. The molecule has 3 aromatic heterocycles. The highest BCUT2D eigenvalue weighted by Gasteiger charge is 2.36. The Morgan fingerprint density at radius 2 is 2.07 bits per heavy atom. The van der Waals surface area contributed by atoms with E-state index in [0.717, 1.165) is 0 Å². The second-order valence-corrected chi connectivity index (χ2v) is 10.7. The molecule has 2 unspecified atom stereocenters. The predicted octanol–water partition coefficient (Wildman–Crippen LogP) is 5.71. The molecule has 2 atom stereocenters. The van der Waals surface area contributed by atoms with Crippen LogP contribution < -0.4 is 25.8 Å². The Morgan fingerprint density at radius 3 is 2.78 bits per heavy atom. The quantitative estimate of drug-likeness (QED) is 0.254. The number of terminal acetylenes is 1. The van der Waals surface area contributed by atoms with Gasteiger partial charge < -0.3 is 25.8 Å². The van der Waals surface area contributed by atoms with Gasteiger partial charge in [0.25, 0.3) is 0 Å². The largest absolute Gasteiger partial charge is 0.488 e. The van der Waals surface area contributed by atoms with E-state index in [4.69, 9.17) is 39.0 Å². The maximum absolute atomic E-state index is 16.8. The van der Waals surface area contributed by atoms with Crippen molar-refractivity contribution in [1.29, 1.82) is 5.26 Å². The Bertz CT molecular complexity index is 1970. The number of nitrogens with zero attached hydrogens (tertiary/aromatic N) is 5. The normalized spacial score (nSPS) is 15.2. The molecule has 204 valence electrons. The standard InChI is InChI=1S/C29H21ClFN7O2S/c1-4-14-12-40-25-21-24(36-29(39-3)37-28(21)38(14)13(2)15-8-6-10-35-26(15)33)23(31)20(22(25)30)16-7-5-9-18-19(16)17(11-32)27(34)41-18/h1,5-10,13-14H,12,34H2,2-3H3,(H2,33,35). The number of nitrogens with two attached hydrogens (primary N) is 2. The minimum absolute atomic E-state index is 0.00137. The second-order valence-electron chi connectivity index (χ2n) is 9.28. The van der Waals surface area contributed by atoms with Gasteiger partial charge in [-0.15, -0.1) is 17.8 Å². The van der Waals surface area contributed by atoms with Crippen molar-refractivity contribution in [3.8, 4) is 41.3 Å². The summed E-state index contributed by atoms with van der Waals surface area (Å²) in [6.45, 7) is 1.89. The molecule has 6 rings (SSSR count). The van der Waals surface area contributed by atoms with Gasteiger partial charge in [-0.3, -0.25) is 0 Å². The van der Waals surface area contributed by atoms with E-state index in [2.05, 4.69) is 26.9 Å². The van der Waals surface area contributed by atoms with E-state index in [1.54, 1.807) is 29.3 Å². The topological polar surface area (TPSA) is 136 Å². The van der Waals surface area contributed by atoms with Crippen LogP contribution in [0.4, 0.5) is 21.0 Å². The molecule has 0 bridgehead atoms. The van der Waals surface area contributed by atoms with Gasteiger partial charge in [0.1, 0.15) is 40.9 Å². The summed E-state index contributed by atoms with van der Waals surface area (Å²) in [5.41, 5.74) is 13.6. The lowest BCUT2D eigenvalue weighted by Crippen LogP contribution is -2.40. The number of aromatic nitrogens is 3. The van der Waals surface area contributed by atoms with Crippen LogP contribution in [-0.2, 0) is 0 Å². The smallest absolute Gasteiger partial charge is 0.318 e. The Balaban J connectivity index is 1.71. The number of ether oxygens (including phenoxy) is 2. The van der Waals surface area contributed by atoms with Crippen LogP contribution in [0.15, 0.2) is 36.5 Å². The van der Waals surface area contributed by atoms with Crippen molar-refractivity contribution in [3.05, 3.63) is 58.5 Å². The zero-order valence-electron chi connectivity index (χ0n) is 21.8. The molecule has 9 nitrogen and oxygen atoms in total. The number of fused-ring (bicyclic) bond motifs is 1. The molecule has 1 aliphatic rings. The number of nitrogen functional groups attached to an aromatic ring is 2. The van der Waals surface area contributed by atoms with Crippen LogP contribution in [0.2, 0.25) is 5.02 Å². The summed E-state index contributed by atoms with van der Waals surface area (Å²) in [4.78, 5) is 15.0. The first-order valence-corrected chi connectivity index (χ1v) is 13.6. The molecular weight excluding hydrogens is 565 g/mol. The number of hydrogen-bond donors (Lipinski definition) is 2. The minimum Gasteiger partial charge on any atom is -0.488 e. The molecule has 0 fully saturated rings. The van der Waals surface area contributed by atoms with Crippen molar-refractivity contribution in [3.63, 3.8) is 0 Å². The zero-order chi connectivity index (χ0) is 29.0. The Labute approximate surface area is 243 Å². The van der Waals surface area contributed by atoms with Gasteiger partial charge in [0, 0.05) is 27.4 Å². The molecule has 41 heavy (non-hydrogen) atoms. The van der Waals surface area contributed by atoms with Crippen molar-refractivity contribution in [1.82, 2.24) is 15.0 Å². The van der Waals surface area contributed by atoms with Crippen LogP contribution in [0, 0.1) is 29.5 Å². The lowest BCUT2D eigenvalue weighted by atomic mass is 9.96. The highest BCUT2D eigenvalue weighted by atomic mass is 35.5. The van der Waals surface area contributed by atoms with Crippen molar-refractivity contribution >= 4 is 60.6 Å². The molecule has 0 aliphatic carbocycles. The number of benzene rings is 2. The van der Waals surface area contributed by atoms with Crippen LogP contribution in [0.25, 0.3) is 32.1 Å². The van der Waals surface area contributed by atoms with Gasteiger partial charge in [0.2, 0.25) is 0 Å². The fraction of sp³-hybridized carbons (Fsp3) is 0.172. The summed E-state index contributed by atoms with van der Waals surface area (Å²) >= 11 is 8.22. The van der Waals surface area contributed by atoms with Gasteiger partial charge in [-0.05, 0) is 24.6 Å². The zero-order valence-corrected chi connectivity index (χ0v) is 23.3. The molecule has 0 amide bonds. The number of thiophene rings is 1. The third-order valence-corrected chi connectivity index (χ3v) is 8.49. The third kappa shape index (κ3) is 3.93. The number of methoxy groups -OCH3 is 1. The number of nitriles is 1. The van der Waals surface area contributed by atoms with Gasteiger partial charge in [0.15, 0.2) is 11.6 Å².